The Balaban J connectivity index is 2.93. The van der Waals surface area contributed by atoms with Gasteiger partial charge in [0, 0.05) is 12.4 Å². The Morgan fingerprint density at radius 1 is 0.792 bits per heavy atom. The van der Waals surface area contributed by atoms with Gasteiger partial charge in [0.05, 0.1) is 0 Å². The zero-order valence-corrected chi connectivity index (χ0v) is 14.3. The van der Waals surface area contributed by atoms with E-state index in [1.165, 1.54) is 5.56 Å². The van der Waals surface area contributed by atoms with Crippen LogP contribution in [0.3, 0.4) is 0 Å². The average molecular weight is 313 g/mol. The molecule has 0 fully saturated rings. The monoisotopic (exact) mass is 313 g/mol. The van der Waals surface area contributed by atoms with Crippen LogP contribution in [0.5, 0.6) is 0 Å². The molecule has 0 aliphatic heterocycles. The highest BCUT2D eigenvalue weighted by Crippen LogP contribution is 2.08. The van der Waals surface area contributed by atoms with E-state index in [1.807, 2.05) is 37.5 Å². The first-order valence-corrected chi connectivity index (χ1v) is 8.06. The van der Waals surface area contributed by atoms with Crippen molar-refractivity contribution in [3.8, 4) is 0 Å². The summed E-state index contributed by atoms with van der Waals surface area (Å²) in [6, 6.07) is 20.7. The summed E-state index contributed by atoms with van der Waals surface area (Å²) in [5.74, 6) is 0. The van der Waals surface area contributed by atoms with E-state index >= 15 is 0 Å². The fraction of sp³-hybridized carbons (Fsp3) is 0.0870. The molecule has 0 bridgehead atoms. The first-order chi connectivity index (χ1) is 11.7. The van der Waals surface area contributed by atoms with Crippen molar-refractivity contribution in [1.29, 1.82) is 0 Å². The second kappa shape index (κ2) is 9.26. The molecule has 0 aliphatic rings. The lowest BCUT2D eigenvalue weighted by atomic mass is 10.2. The van der Waals surface area contributed by atoms with Crippen LogP contribution >= 0.6 is 0 Å². The van der Waals surface area contributed by atoms with Crippen LogP contribution in [0.1, 0.15) is 12.5 Å². The van der Waals surface area contributed by atoms with Crippen molar-refractivity contribution in [3.05, 3.63) is 102 Å². The summed E-state index contributed by atoms with van der Waals surface area (Å²) in [7, 11) is 0. The predicted octanol–water partition coefficient (Wildman–Crippen LogP) is 4.56. The van der Waals surface area contributed by atoms with Crippen molar-refractivity contribution in [3.63, 3.8) is 0 Å². The highest BCUT2D eigenvalue weighted by atomic mass is 14.6. The van der Waals surface area contributed by atoms with E-state index < -0.39 is 0 Å². The molecule has 0 radical (unpaired) electrons. The molecule has 0 aliphatic carbocycles. The van der Waals surface area contributed by atoms with Gasteiger partial charge in [0.2, 0.25) is 0 Å². The molecule has 1 nitrogen and oxygen atoms in total. The first-order valence-electron chi connectivity index (χ1n) is 8.06. The zero-order chi connectivity index (χ0) is 17.2. The summed E-state index contributed by atoms with van der Waals surface area (Å²) < 4.78 is 0. The van der Waals surface area contributed by atoms with Gasteiger partial charge in [0.1, 0.15) is 0 Å². The topological polar surface area (TPSA) is 12.9 Å². The van der Waals surface area contributed by atoms with Gasteiger partial charge in [-0.3, -0.25) is 4.98 Å². The van der Waals surface area contributed by atoms with Crippen molar-refractivity contribution < 1.29 is 0 Å². The van der Waals surface area contributed by atoms with Crippen LogP contribution in [-0.4, -0.2) is 4.98 Å². The molecule has 1 heterocycles. The molecular weight excluding hydrogens is 290 g/mol. The van der Waals surface area contributed by atoms with Gasteiger partial charge in [-0.2, -0.15) is 0 Å². The number of nitrogens with zero attached hydrogens (tertiary/aromatic N) is 1. The van der Waals surface area contributed by atoms with E-state index in [9.17, 15) is 0 Å². The Labute approximate surface area is 144 Å². The molecule has 1 heteroatoms. The van der Waals surface area contributed by atoms with Crippen LogP contribution in [0.15, 0.2) is 85.7 Å². The summed E-state index contributed by atoms with van der Waals surface area (Å²) >= 11 is 0. The Morgan fingerprint density at radius 2 is 1.46 bits per heavy atom. The van der Waals surface area contributed by atoms with Crippen molar-refractivity contribution in [2.24, 2.45) is 0 Å². The maximum atomic E-state index is 4.51. The summed E-state index contributed by atoms with van der Waals surface area (Å²) in [5, 5.41) is 4.37. The molecule has 0 spiro atoms. The van der Waals surface area contributed by atoms with E-state index in [2.05, 4.69) is 73.1 Å². The summed E-state index contributed by atoms with van der Waals surface area (Å²) in [4.78, 5) is 4.51. The fourth-order valence-electron chi connectivity index (χ4n) is 2.34. The first kappa shape index (κ1) is 17.4. The van der Waals surface area contributed by atoms with Crippen LogP contribution in [0.4, 0.5) is 0 Å². The molecular formula is C23H23N. The van der Waals surface area contributed by atoms with Crippen LogP contribution in [0.25, 0.3) is 22.9 Å². The second-order valence-corrected chi connectivity index (χ2v) is 5.43. The van der Waals surface area contributed by atoms with Gasteiger partial charge < -0.3 is 0 Å². The predicted molar refractivity (Wildman–Crippen MR) is 106 cm³/mol. The Morgan fingerprint density at radius 3 is 2.17 bits per heavy atom. The van der Waals surface area contributed by atoms with Gasteiger partial charge in [-0.25, -0.2) is 0 Å². The molecule has 0 saturated carbocycles. The standard InChI is InChI=1S/C23H23N/c1-4-10-22-17-24-18-23-14-7-6-13-21(23)16-9-12-19(3)11-8-15-20(22)5-2/h4-18H,1H2,2-3H3/b12-9?,15-8?,19-11?,20-5-,21-16?,22-10-,23-18?,24-17?. The van der Waals surface area contributed by atoms with Crippen LogP contribution in [0.2, 0.25) is 0 Å². The molecule has 120 valence electrons. The Bertz CT molecular complexity index is 953. The number of fused-ring (bicyclic) bond motifs is 1. The van der Waals surface area contributed by atoms with E-state index in [4.69, 9.17) is 0 Å². The molecule has 0 atom stereocenters. The lowest BCUT2D eigenvalue weighted by Crippen LogP contribution is -2.21. The number of allylic oxidation sites excluding steroid dienone is 1. The largest absolute Gasteiger partial charge is 0.263 e. The highest BCUT2D eigenvalue weighted by molar-refractivity contribution is 5.80. The summed E-state index contributed by atoms with van der Waals surface area (Å²) in [6.45, 7) is 7.92. The van der Waals surface area contributed by atoms with Crippen molar-refractivity contribution in [2.45, 2.75) is 13.8 Å². The van der Waals surface area contributed by atoms with Gasteiger partial charge in [-0.05, 0) is 35.1 Å². The molecule has 2 rings (SSSR count). The minimum absolute atomic E-state index is 1.03. The number of aromatic nitrogens is 1. The Kier molecular flexibility index (Phi) is 6.73. The smallest absolute Gasteiger partial charge is 0.0346 e. The van der Waals surface area contributed by atoms with E-state index in [-0.39, 0.29) is 0 Å². The minimum Gasteiger partial charge on any atom is -0.263 e. The summed E-state index contributed by atoms with van der Waals surface area (Å²) in [5.41, 5.74) is 1.19. The van der Waals surface area contributed by atoms with Crippen LogP contribution in [0, 0.1) is 6.92 Å². The summed E-state index contributed by atoms with van der Waals surface area (Å²) in [6.07, 6.45) is 9.59. The molecule has 0 N–H and O–H groups in total. The lowest BCUT2D eigenvalue weighted by Gasteiger charge is -1.90. The zero-order valence-electron chi connectivity index (χ0n) is 14.3. The number of hydrogen-bond acceptors (Lipinski definition) is 1. The van der Waals surface area contributed by atoms with Crippen molar-refractivity contribution in [2.75, 3.05) is 0 Å². The van der Waals surface area contributed by atoms with E-state index in [1.54, 1.807) is 6.08 Å². The third kappa shape index (κ3) is 5.06. The molecule has 24 heavy (non-hydrogen) atoms. The Hall–Kier alpha value is -2.93. The van der Waals surface area contributed by atoms with Crippen LogP contribution in [-0.2, 0) is 0 Å². The molecule has 0 amide bonds. The number of benzene rings is 1. The third-order valence-electron chi connectivity index (χ3n) is 3.63. The van der Waals surface area contributed by atoms with Gasteiger partial charge in [0.15, 0.2) is 0 Å². The average Bonchev–Trinajstić information content (AvgIpc) is 2.59. The third-order valence-corrected chi connectivity index (χ3v) is 3.63. The lowest BCUT2D eigenvalue weighted by molar-refractivity contribution is 1.33. The SMILES string of the molecule is C=C/C=c1/cncc2ccccc2cccc(C)ccc/c1=C/C. The van der Waals surface area contributed by atoms with Crippen LogP contribution < -0.4 is 10.4 Å². The van der Waals surface area contributed by atoms with Crippen molar-refractivity contribution >= 4 is 22.9 Å². The number of hydrogen-bond donors (Lipinski definition) is 0. The maximum Gasteiger partial charge on any atom is 0.0346 e. The van der Waals surface area contributed by atoms with E-state index in [0.29, 0.717) is 0 Å². The van der Waals surface area contributed by atoms with Gasteiger partial charge in [-0.15, -0.1) is 0 Å². The molecule has 1 aromatic carbocycles. The van der Waals surface area contributed by atoms with Gasteiger partial charge in [-0.1, -0.05) is 91.0 Å². The maximum absolute atomic E-state index is 4.51. The minimum atomic E-state index is 1.03. The fourth-order valence-corrected chi connectivity index (χ4v) is 2.34. The highest BCUT2D eigenvalue weighted by Gasteiger charge is 1.85. The molecule has 2 aromatic rings. The van der Waals surface area contributed by atoms with Gasteiger partial charge >= 0.3 is 0 Å². The van der Waals surface area contributed by atoms with E-state index in [0.717, 1.165) is 21.2 Å². The second-order valence-electron chi connectivity index (χ2n) is 5.43. The molecule has 0 saturated heterocycles. The van der Waals surface area contributed by atoms with Gasteiger partial charge in [0.25, 0.3) is 0 Å². The molecule has 1 aromatic heterocycles. The number of aryl methyl sites for hydroxylation is 1. The number of rotatable bonds is 1. The molecule has 0 unspecified atom stereocenters. The van der Waals surface area contributed by atoms with Crippen molar-refractivity contribution in [1.82, 2.24) is 4.98 Å². The normalized spacial score (nSPS) is 11.6. The quantitative estimate of drug-likeness (QED) is 0.752.